The molecule has 0 aromatic heterocycles. The van der Waals surface area contributed by atoms with Gasteiger partial charge in [0.05, 0.1) is 33.2 Å². The second-order valence-electron chi connectivity index (χ2n) is 7.86. The third-order valence-corrected chi connectivity index (χ3v) is 9.60. The van der Waals surface area contributed by atoms with Crippen molar-refractivity contribution in [3.05, 3.63) is 29.8 Å². The van der Waals surface area contributed by atoms with E-state index in [-0.39, 0.29) is 18.3 Å². The van der Waals surface area contributed by atoms with E-state index in [4.69, 9.17) is 18.1 Å². The van der Waals surface area contributed by atoms with Crippen LogP contribution in [0.3, 0.4) is 0 Å². The molecule has 26 heavy (non-hydrogen) atoms. The van der Waals surface area contributed by atoms with Crippen LogP contribution in [0.5, 0.6) is 5.75 Å². The molecule has 1 aromatic rings. The maximum Gasteiger partial charge on any atom is 0.264 e. The van der Waals surface area contributed by atoms with Crippen molar-refractivity contribution in [3.63, 3.8) is 0 Å². The summed E-state index contributed by atoms with van der Waals surface area (Å²) < 4.78 is 45.1. The highest BCUT2D eigenvalue weighted by Crippen LogP contribution is 2.36. The Kier molecular flexibility index (Phi) is 8.28. The number of ether oxygens (including phenoxy) is 2. The van der Waals surface area contributed by atoms with Gasteiger partial charge >= 0.3 is 0 Å². The van der Waals surface area contributed by atoms with Crippen molar-refractivity contribution in [2.75, 3.05) is 26.6 Å². The summed E-state index contributed by atoms with van der Waals surface area (Å²) in [6.45, 7) is 11.3. The van der Waals surface area contributed by atoms with Crippen LogP contribution in [0, 0.1) is 0 Å². The summed E-state index contributed by atoms with van der Waals surface area (Å²) in [6, 6.07) is 7.50. The molecule has 0 amide bonds. The molecular weight excluding hydrogens is 372 g/mol. The summed E-state index contributed by atoms with van der Waals surface area (Å²) in [5, 5.41) is 0.0343. The van der Waals surface area contributed by atoms with E-state index in [1.165, 1.54) is 0 Å². The zero-order valence-corrected chi connectivity index (χ0v) is 18.7. The van der Waals surface area contributed by atoms with E-state index in [2.05, 4.69) is 33.9 Å². The van der Waals surface area contributed by atoms with Gasteiger partial charge in [-0.05, 0) is 35.8 Å². The summed E-state index contributed by atoms with van der Waals surface area (Å²) in [4.78, 5) is 0. The second kappa shape index (κ2) is 9.32. The topological polar surface area (TPSA) is 71.1 Å². The highest BCUT2D eigenvalue weighted by Gasteiger charge is 2.38. The second-order valence-corrected chi connectivity index (χ2v) is 14.3. The Bertz CT molecular complexity index is 649. The average molecular weight is 405 g/mol. The van der Waals surface area contributed by atoms with Crippen molar-refractivity contribution in [3.8, 4) is 5.75 Å². The van der Waals surface area contributed by atoms with Crippen molar-refractivity contribution < 1.29 is 26.5 Å². The first-order valence-electron chi connectivity index (χ1n) is 8.57. The van der Waals surface area contributed by atoms with Crippen LogP contribution in [0.4, 0.5) is 0 Å². The Hall–Kier alpha value is -0.933. The fourth-order valence-corrected chi connectivity index (χ4v) is 3.54. The Morgan fingerprint density at radius 2 is 1.65 bits per heavy atom. The van der Waals surface area contributed by atoms with E-state index in [9.17, 15) is 8.42 Å². The molecule has 0 spiro atoms. The van der Waals surface area contributed by atoms with Crippen LogP contribution in [0.2, 0.25) is 18.1 Å². The van der Waals surface area contributed by atoms with Crippen molar-refractivity contribution in [1.82, 2.24) is 0 Å². The first-order chi connectivity index (χ1) is 11.8. The number of hydrogen-bond acceptors (Lipinski definition) is 6. The van der Waals surface area contributed by atoms with Crippen LogP contribution in [0.25, 0.3) is 0 Å². The molecule has 0 aliphatic carbocycles. The van der Waals surface area contributed by atoms with Crippen molar-refractivity contribution in [1.29, 1.82) is 0 Å². The molecule has 1 atom stereocenters. The van der Waals surface area contributed by atoms with Crippen LogP contribution >= 0.6 is 0 Å². The van der Waals surface area contributed by atoms with Gasteiger partial charge in [-0.3, -0.25) is 4.18 Å². The molecule has 0 saturated heterocycles. The Balaban J connectivity index is 2.62. The molecule has 0 bridgehead atoms. The van der Waals surface area contributed by atoms with Gasteiger partial charge < -0.3 is 13.9 Å². The summed E-state index contributed by atoms with van der Waals surface area (Å²) in [5.74, 6) is 0.773. The van der Waals surface area contributed by atoms with Crippen LogP contribution in [-0.2, 0) is 30.1 Å². The van der Waals surface area contributed by atoms with Crippen molar-refractivity contribution in [2.24, 2.45) is 0 Å². The molecule has 8 heteroatoms. The Morgan fingerprint density at radius 1 is 1.08 bits per heavy atom. The molecule has 0 heterocycles. The zero-order valence-electron chi connectivity index (χ0n) is 16.9. The molecule has 0 radical (unpaired) electrons. The van der Waals surface area contributed by atoms with Gasteiger partial charge in [-0.1, -0.05) is 32.9 Å². The molecule has 6 nitrogen and oxygen atoms in total. The molecule has 0 N–H and O–H groups in total. The standard InChI is InChI=1S/C18H32O6SSi/c1-18(2,3)26(6,7)23-14-17(24-25(5,19)20)13-22-12-15-8-10-16(21-4)11-9-15/h8-11,17H,12-14H2,1-7H3. The lowest BCUT2D eigenvalue weighted by molar-refractivity contribution is 0.0194. The predicted molar refractivity (Wildman–Crippen MR) is 106 cm³/mol. The maximum absolute atomic E-state index is 11.5. The third-order valence-electron chi connectivity index (χ3n) is 4.48. The third kappa shape index (κ3) is 8.18. The van der Waals surface area contributed by atoms with Gasteiger partial charge in [0.15, 0.2) is 8.32 Å². The molecular formula is C18H32O6SSi. The predicted octanol–water partition coefficient (Wildman–Crippen LogP) is 3.58. The van der Waals surface area contributed by atoms with Crippen LogP contribution in [0.15, 0.2) is 24.3 Å². The molecule has 150 valence electrons. The monoisotopic (exact) mass is 404 g/mol. The molecule has 0 aliphatic heterocycles. The lowest BCUT2D eigenvalue weighted by atomic mass is 10.2. The normalized spacial score (nSPS) is 14.3. The smallest absolute Gasteiger partial charge is 0.264 e. The largest absolute Gasteiger partial charge is 0.497 e. The minimum Gasteiger partial charge on any atom is -0.497 e. The van der Waals surface area contributed by atoms with Gasteiger partial charge in [-0.25, -0.2) is 0 Å². The lowest BCUT2D eigenvalue weighted by Crippen LogP contribution is -2.44. The number of benzene rings is 1. The van der Waals surface area contributed by atoms with Gasteiger partial charge in [0.25, 0.3) is 10.1 Å². The quantitative estimate of drug-likeness (QED) is 0.438. The minimum absolute atomic E-state index is 0.0343. The highest BCUT2D eigenvalue weighted by molar-refractivity contribution is 7.86. The average Bonchev–Trinajstić information content (AvgIpc) is 2.51. The van der Waals surface area contributed by atoms with Gasteiger partial charge in [0.1, 0.15) is 11.9 Å². The van der Waals surface area contributed by atoms with E-state index in [1.807, 2.05) is 24.3 Å². The first-order valence-corrected chi connectivity index (χ1v) is 13.3. The summed E-state index contributed by atoms with van der Waals surface area (Å²) in [7, 11) is -3.98. The van der Waals surface area contributed by atoms with Gasteiger partial charge in [-0.2, -0.15) is 8.42 Å². The van der Waals surface area contributed by atoms with Gasteiger partial charge in [0.2, 0.25) is 0 Å². The van der Waals surface area contributed by atoms with E-state index in [0.29, 0.717) is 6.61 Å². The Labute approximate surface area is 159 Å². The van der Waals surface area contributed by atoms with Crippen LogP contribution < -0.4 is 4.74 Å². The summed E-state index contributed by atoms with van der Waals surface area (Å²) in [5.41, 5.74) is 0.967. The van der Waals surface area contributed by atoms with Crippen LogP contribution in [0.1, 0.15) is 26.3 Å². The van der Waals surface area contributed by atoms with Gasteiger partial charge in [0, 0.05) is 0 Å². The van der Waals surface area contributed by atoms with Gasteiger partial charge in [-0.15, -0.1) is 0 Å². The van der Waals surface area contributed by atoms with E-state index >= 15 is 0 Å². The number of rotatable bonds is 10. The van der Waals surface area contributed by atoms with E-state index in [0.717, 1.165) is 17.6 Å². The SMILES string of the molecule is COc1ccc(COCC(CO[Si](C)(C)C(C)(C)C)OS(C)(=O)=O)cc1. The summed E-state index contributed by atoms with van der Waals surface area (Å²) in [6.07, 6.45) is 0.368. The van der Waals surface area contributed by atoms with Crippen LogP contribution in [-0.4, -0.2) is 49.4 Å². The van der Waals surface area contributed by atoms with E-state index in [1.54, 1.807) is 7.11 Å². The maximum atomic E-state index is 11.5. The molecule has 1 unspecified atom stereocenters. The molecule has 0 fully saturated rings. The molecule has 1 rings (SSSR count). The van der Waals surface area contributed by atoms with E-state index < -0.39 is 24.5 Å². The van der Waals surface area contributed by atoms with Crippen molar-refractivity contribution >= 4 is 18.4 Å². The highest BCUT2D eigenvalue weighted by atomic mass is 32.2. The lowest BCUT2D eigenvalue weighted by Gasteiger charge is -2.37. The first kappa shape index (κ1) is 23.1. The molecule has 1 aromatic carbocycles. The minimum atomic E-state index is -3.59. The van der Waals surface area contributed by atoms with Crippen molar-refractivity contribution in [2.45, 2.75) is 51.6 Å². The molecule has 0 saturated carbocycles. The number of methoxy groups -OCH3 is 1. The fourth-order valence-electron chi connectivity index (χ4n) is 1.90. The zero-order chi connectivity index (χ0) is 20.0. The number of hydrogen-bond donors (Lipinski definition) is 0. The molecule has 0 aliphatic rings. The summed E-state index contributed by atoms with van der Waals surface area (Å²) >= 11 is 0. The fraction of sp³-hybridized carbons (Fsp3) is 0.667. The Morgan fingerprint density at radius 3 is 2.12 bits per heavy atom.